The molecule has 1 saturated carbocycles. The number of aryl methyl sites for hydroxylation is 1. The fourth-order valence-electron chi connectivity index (χ4n) is 3.08. The topological polar surface area (TPSA) is 28.2 Å². The van der Waals surface area contributed by atoms with Crippen molar-refractivity contribution in [3.8, 4) is 0 Å². The first-order chi connectivity index (χ1) is 9.61. The predicted molar refractivity (Wildman–Crippen MR) is 85.2 cm³/mol. The fourth-order valence-corrected chi connectivity index (χ4v) is 3.08. The summed E-state index contributed by atoms with van der Waals surface area (Å²) >= 11 is 0. The van der Waals surface area contributed by atoms with E-state index in [4.69, 9.17) is 0 Å². The van der Waals surface area contributed by atoms with E-state index in [0.29, 0.717) is 5.54 Å². The molecule has 3 rings (SSSR count). The van der Waals surface area contributed by atoms with Crippen molar-refractivity contribution in [2.45, 2.75) is 31.7 Å². The summed E-state index contributed by atoms with van der Waals surface area (Å²) in [6.07, 6.45) is 3.92. The standard InChI is InChI=1S/C17H23N3/c1-13-11-16(14-7-4-5-8-15(14)19-13)18-12-17(20(2)3)9-6-10-17/h4-5,7-8,11H,6,9-10,12H2,1-3H3,(H,18,19). The fraction of sp³-hybridized carbons (Fsp3) is 0.471. The number of rotatable bonds is 4. The number of anilines is 1. The lowest BCUT2D eigenvalue weighted by Crippen LogP contribution is -2.54. The minimum Gasteiger partial charge on any atom is -0.383 e. The molecule has 0 aliphatic heterocycles. The summed E-state index contributed by atoms with van der Waals surface area (Å²) in [6, 6.07) is 10.5. The molecule has 1 fully saturated rings. The Labute approximate surface area is 121 Å². The molecule has 0 radical (unpaired) electrons. The second kappa shape index (κ2) is 5.06. The number of hydrogen-bond acceptors (Lipinski definition) is 3. The Morgan fingerprint density at radius 1 is 1.25 bits per heavy atom. The Morgan fingerprint density at radius 3 is 2.65 bits per heavy atom. The second-order valence-electron chi connectivity index (χ2n) is 6.15. The van der Waals surface area contributed by atoms with Crippen LogP contribution < -0.4 is 5.32 Å². The van der Waals surface area contributed by atoms with E-state index in [-0.39, 0.29) is 0 Å². The van der Waals surface area contributed by atoms with Crippen LogP contribution in [0.25, 0.3) is 10.9 Å². The molecule has 1 aliphatic carbocycles. The summed E-state index contributed by atoms with van der Waals surface area (Å²) in [5, 5.41) is 4.89. The maximum atomic E-state index is 4.60. The Bertz CT molecular complexity index is 615. The van der Waals surface area contributed by atoms with Gasteiger partial charge in [0.2, 0.25) is 0 Å². The number of benzene rings is 1. The van der Waals surface area contributed by atoms with Crippen LogP contribution in [0, 0.1) is 6.92 Å². The lowest BCUT2D eigenvalue weighted by molar-refractivity contribution is 0.0739. The van der Waals surface area contributed by atoms with Gasteiger partial charge in [0.1, 0.15) is 0 Å². The molecule has 0 spiro atoms. The van der Waals surface area contributed by atoms with Crippen LogP contribution in [0.3, 0.4) is 0 Å². The maximum absolute atomic E-state index is 4.60. The number of aromatic nitrogens is 1. The van der Waals surface area contributed by atoms with Crippen LogP contribution in [0.2, 0.25) is 0 Å². The van der Waals surface area contributed by atoms with Crippen molar-refractivity contribution >= 4 is 16.6 Å². The van der Waals surface area contributed by atoms with Crippen molar-refractivity contribution in [3.63, 3.8) is 0 Å². The van der Waals surface area contributed by atoms with Gasteiger partial charge in [0, 0.05) is 28.9 Å². The Morgan fingerprint density at radius 2 is 2.00 bits per heavy atom. The number of hydrogen-bond donors (Lipinski definition) is 1. The summed E-state index contributed by atoms with van der Waals surface area (Å²) in [4.78, 5) is 6.97. The van der Waals surface area contributed by atoms with Gasteiger partial charge in [-0.15, -0.1) is 0 Å². The molecule has 0 unspecified atom stereocenters. The number of fused-ring (bicyclic) bond motifs is 1. The molecule has 2 aromatic rings. The number of likely N-dealkylation sites (N-methyl/N-ethyl adjacent to an activating group) is 1. The molecule has 1 aliphatic rings. The highest BCUT2D eigenvalue weighted by Crippen LogP contribution is 2.36. The maximum Gasteiger partial charge on any atom is 0.0725 e. The summed E-state index contributed by atoms with van der Waals surface area (Å²) < 4.78 is 0. The summed E-state index contributed by atoms with van der Waals surface area (Å²) in [5.41, 5.74) is 3.68. The van der Waals surface area contributed by atoms with Crippen LogP contribution in [0.1, 0.15) is 25.0 Å². The Kier molecular flexibility index (Phi) is 3.38. The summed E-state index contributed by atoms with van der Waals surface area (Å²) in [6.45, 7) is 3.07. The van der Waals surface area contributed by atoms with Crippen LogP contribution in [0.4, 0.5) is 5.69 Å². The zero-order valence-corrected chi connectivity index (χ0v) is 12.6. The number of nitrogens with zero attached hydrogens (tertiary/aromatic N) is 2. The number of nitrogens with one attached hydrogen (secondary N) is 1. The zero-order chi connectivity index (χ0) is 14.2. The molecular weight excluding hydrogens is 246 g/mol. The normalized spacial score (nSPS) is 17.2. The molecule has 0 saturated heterocycles. The van der Waals surface area contributed by atoms with Crippen molar-refractivity contribution in [2.24, 2.45) is 0 Å². The molecule has 0 amide bonds. The van der Waals surface area contributed by atoms with E-state index in [2.05, 4.69) is 60.5 Å². The van der Waals surface area contributed by atoms with E-state index in [9.17, 15) is 0 Å². The molecule has 1 heterocycles. The Balaban J connectivity index is 1.87. The lowest BCUT2D eigenvalue weighted by atomic mass is 9.75. The first-order valence-corrected chi connectivity index (χ1v) is 7.38. The quantitative estimate of drug-likeness (QED) is 0.921. The van der Waals surface area contributed by atoms with Gasteiger partial charge in [0.25, 0.3) is 0 Å². The van der Waals surface area contributed by atoms with Crippen molar-refractivity contribution < 1.29 is 0 Å². The first-order valence-electron chi connectivity index (χ1n) is 7.38. The summed E-state index contributed by atoms with van der Waals surface area (Å²) in [5.74, 6) is 0. The third kappa shape index (κ3) is 2.27. The molecule has 1 N–H and O–H groups in total. The number of pyridine rings is 1. The van der Waals surface area contributed by atoms with E-state index in [1.807, 2.05) is 6.07 Å². The molecule has 3 heteroatoms. The lowest BCUT2D eigenvalue weighted by Gasteiger charge is -2.47. The van der Waals surface area contributed by atoms with Gasteiger partial charge in [0.05, 0.1) is 5.52 Å². The smallest absolute Gasteiger partial charge is 0.0725 e. The van der Waals surface area contributed by atoms with Crippen molar-refractivity contribution in [1.29, 1.82) is 0 Å². The minimum atomic E-state index is 0.332. The molecule has 3 nitrogen and oxygen atoms in total. The average molecular weight is 269 g/mol. The van der Waals surface area contributed by atoms with Crippen molar-refractivity contribution in [2.75, 3.05) is 26.0 Å². The first kappa shape index (κ1) is 13.4. The third-order valence-electron chi connectivity index (χ3n) is 4.69. The average Bonchev–Trinajstić information content (AvgIpc) is 2.36. The van der Waals surface area contributed by atoms with Gasteiger partial charge in [-0.3, -0.25) is 4.98 Å². The second-order valence-corrected chi connectivity index (χ2v) is 6.15. The van der Waals surface area contributed by atoms with Crippen LogP contribution in [-0.2, 0) is 0 Å². The minimum absolute atomic E-state index is 0.332. The van der Waals surface area contributed by atoms with Gasteiger partial charge in [-0.25, -0.2) is 0 Å². The van der Waals surface area contributed by atoms with Crippen molar-refractivity contribution in [1.82, 2.24) is 9.88 Å². The molecule has 0 bridgehead atoms. The Hall–Kier alpha value is -1.61. The largest absolute Gasteiger partial charge is 0.383 e. The van der Waals surface area contributed by atoms with Crippen LogP contribution >= 0.6 is 0 Å². The van der Waals surface area contributed by atoms with Gasteiger partial charge in [-0.05, 0) is 52.4 Å². The summed E-state index contributed by atoms with van der Waals surface area (Å²) in [7, 11) is 4.38. The van der Waals surface area contributed by atoms with Crippen LogP contribution in [-0.4, -0.2) is 36.1 Å². The predicted octanol–water partition coefficient (Wildman–Crippen LogP) is 3.44. The monoisotopic (exact) mass is 269 g/mol. The number of para-hydroxylation sites is 1. The molecule has 1 aromatic heterocycles. The van der Waals surface area contributed by atoms with E-state index >= 15 is 0 Å². The van der Waals surface area contributed by atoms with Gasteiger partial charge >= 0.3 is 0 Å². The molecule has 106 valence electrons. The zero-order valence-electron chi connectivity index (χ0n) is 12.6. The highest BCUT2D eigenvalue weighted by atomic mass is 15.2. The van der Waals surface area contributed by atoms with Gasteiger partial charge in [-0.2, -0.15) is 0 Å². The highest BCUT2D eigenvalue weighted by molar-refractivity contribution is 5.91. The van der Waals surface area contributed by atoms with Crippen LogP contribution in [0.5, 0.6) is 0 Å². The third-order valence-corrected chi connectivity index (χ3v) is 4.69. The molecular formula is C17H23N3. The van der Waals surface area contributed by atoms with E-state index in [0.717, 1.165) is 17.8 Å². The van der Waals surface area contributed by atoms with Gasteiger partial charge in [-0.1, -0.05) is 18.2 Å². The van der Waals surface area contributed by atoms with Crippen molar-refractivity contribution in [3.05, 3.63) is 36.0 Å². The molecule has 20 heavy (non-hydrogen) atoms. The van der Waals surface area contributed by atoms with E-state index < -0.39 is 0 Å². The van der Waals surface area contributed by atoms with Crippen LogP contribution in [0.15, 0.2) is 30.3 Å². The highest BCUT2D eigenvalue weighted by Gasteiger charge is 2.38. The van der Waals surface area contributed by atoms with E-state index in [1.165, 1.54) is 30.3 Å². The van der Waals surface area contributed by atoms with Gasteiger partial charge < -0.3 is 10.2 Å². The molecule has 0 atom stereocenters. The van der Waals surface area contributed by atoms with E-state index in [1.54, 1.807) is 0 Å². The SMILES string of the molecule is Cc1cc(NCC2(N(C)C)CCC2)c2ccccc2n1. The molecule has 1 aromatic carbocycles. The van der Waals surface area contributed by atoms with Gasteiger partial charge in [0.15, 0.2) is 0 Å².